The molecule has 0 heterocycles. The Hall–Kier alpha value is -1.33. The van der Waals surface area contributed by atoms with Gasteiger partial charge in [0.05, 0.1) is 0 Å². The number of rotatable bonds is 0. The van der Waals surface area contributed by atoms with E-state index in [4.69, 9.17) is 5.11 Å². The lowest BCUT2D eigenvalue weighted by Gasteiger charge is -2.57. The van der Waals surface area contributed by atoms with Crippen LogP contribution in [0.25, 0.3) is 0 Å². The van der Waals surface area contributed by atoms with Crippen LogP contribution in [-0.4, -0.2) is 17.5 Å². The van der Waals surface area contributed by atoms with Crippen LogP contribution in [0.3, 0.4) is 0 Å². The third-order valence-electron chi connectivity index (χ3n) is 7.82. The van der Waals surface area contributed by atoms with Crippen molar-refractivity contribution in [3.63, 3.8) is 0 Å². The van der Waals surface area contributed by atoms with Crippen molar-refractivity contribution in [1.29, 1.82) is 0 Å². The van der Waals surface area contributed by atoms with Crippen LogP contribution in [0.5, 0.6) is 0 Å². The summed E-state index contributed by atoms with van der Waals surface area (Å²) in [5, 5.41) is 9.05. The summed E-state index contributed by atoms with van der Waals surface area (Å²) >= 11 is 0. The van der Waals surface area contributed by atoms with Gasteiger partial charge in [0.25, 0.3) is 0 Å². The van der Waals surface area contributed by atoms with E-state index >= 15 is 0 Å². The molecular formula is C22H28O2. The Bertz CT molecular complexity index is 676. The molecule has 2 heteroatoms. The quantitative estimate of drug-likeness (QED) is 0.542. The molecule has 0 aromatic rings. The van der Waals surface area contributed by atoms with Crippen LogP contribution in [0.4, 0.5) is 0 Å². The van der Waals surface area contributed by atoms with E-state index in [2.05, 4.69) is 37.8 Å². The number of allylic oxidation sites excluding steroid dienone is 4. The van der Waals surface area contributed by atoms with Gasteiger partial charge in [0.2, 0.25) is 0 Å². The maximum atomic E-state index is 11.9. The number of carbonyl (C=O) groups is 1. The molecule has 4 aliphatic rings. The molecule has 0 unspecified atom stereocenters. The molecule has 2 fully saturated rings. The van der Waals surface area contributed by atoms with Crippen LogP contribution in [0.2, 0.25) is 0 Å². The number of carbonyl (C=O) groups excluding carboxylic acids is 1. The van der Waals surface area contributed by atoms with Gasteiger partial charge in [0, 0.05) is 12.3 Å². The van der Waals surface area contributed by atoms with E-state index in [0.717, 1.165) is 25.2 Å². The molecular weight excluding hydrogens is 296 g/mol. The number of aliphatic hydroxyl groups excluding tert-OH is 1. The number of hydrogen-bond donors (Lipinski definition) is 1. The smallest absolute Gasteiger partial charge is 0.155 e. The molecule has 4 rings (SSSR count). The normalized spacial score (nSPS) is 46.3. The van der Waals surface area contributed by atoms with Gasteiger partial charge >= 0.3 is 0 Å². The van der Waals surface area contributed by atoms with Gasteiger partial charge < -0.3 is 5.11 Å². The van der Waals surface area contributed by atoms with Crippen molar-refractivity contribution in [2.45, 2.75) is 52.4 Å². The van der Waals surface area contributed by atoms with Crippen LogP contribution in [-0.2, 0) is 4.79 Å². The average Bonchev–Trinajstić information content (AvgIpc) is 2.90. The molecule has 0 aromatic heterocycles. The second-order valence-electron chi connectivity index (χ2n) is 8.77. The van der Waals surface area contributed by atoms with Gasteiger partial charge in [-0.25, -0.2) is 0 Å². The highest BCUT2D eigenvalue weighted by Crippen LogP contribution is 2.64. The second kappa shape index (κ2) is 5.60. The zero-order valence-corrected chi connectivity index (χ0v) is 14.8. The van der Waals surface area contributed by atoms with Gasteiger partial charge in [0.1, 0.15) is 6.61 Å². The van der Waals surface area contributed by atoms with Crippen molar-refractivity contribution in [2.24, 2.45) is 34.5 Å². The summed E-state index contributed by atoms with van der Waals surface area (Å²) in [5.41, 5.74) is 1.90. The summed E-state index contributed by atoms with van der Waals surface area (Å²) in [6, 6.07) is 0. The average molecular weight is 324 g/mol. The molecule has 128 valence electrons. The van der Waals surface area contributed by atoms with Gasteiger partial charge in [-0.05, 0) is 66.8 Å². The zero-order valence-electron chi connectivity index (χ0n) is 14.8. The Kier molecular flexibility index (Phi) is 3.77. The van der Waals surface area contributed by atoms with Crippen molar-refractivity contribution < 1.29 is 9.90 Å². The third kappa shape index (κ3) is 2.17. The van der Waals surface area contributed by atoms with E-state index in [1.54, 1.807) is 0 Å². The first kappa shape index (κ1) is 16.2. The molecule has 4 aliphatic carbocycles. The van der Waals surface area contributed by atoms with E-state index in [9.17, 15) is 4.79 Å². The SMILES string of the molecule is C[C@]12CC[C@H]3[C@@H](CCC4=CC(=O)CC[C@@]43C)[C@@H]1C=C[C@@H]2C#CCO. The van der Waals surface area contributed by atoms with Crippen LogP contribution in [0.15, 0.2) is 23.8 Å². The van der Waals surface area contributed by atoms with E-state index in [-0.39, 0.29) is 23.4 Å². The molecule has 0 bridgehead atoms. The molecule has 0 spiro atoms. The molecule has 0 aromatic carbocycles. The Morgan fingerprint density at radius 3 is 2.83 bits per heavy atom. The minimum absolute atomic E-state index is 0.0443. The zero-order chi connectivity index (χ0) is 16.9. The molecule has 0 radical (unpaired) electrons. The van der Waals surface area contributed by atoms with Crippen molar-refractivity contribution >= 4 is 5.78 Å². The molecule has 1 N–H and O–H groups in total. The van der Waals surface area contributed by atoms with Crippen molar-refractivity contribution in [3.8, 4) is 11.8 Å². The summed E-state index contributed by atoms with van der Waals surface area (Å²) in [7, 11) is 0. The summed E-state index contributed by atoms with van der Waals surface area (Å²) in [6.07, 6.45) is 13.2. The monoisotopic (exact) mass is 324 g/mol. The van der Waals surface area contributed by atoms with Crippen molar-refractivity contribution in [3.05, 3.63) is 23.8 Å². The number of ketones is 1. The fraction of sp³-hybridized carbons (Fsp3) is 0.682. The van der Waals surface area contributed by atoms with Gasteiger partial charge in [-0.2, -0.15) is 0 Å². The molecule has 0 amide bonds. The second-order valence-corrected chi connectivity index (χ2v) is 8.77. The lowest BCUT2D eigenvalue weighted by molar-refractivity contribution is -0.117. The number of hydrogen-bond acceptors (Lipinski definition) is 2. The summed E-state index contributed by atoms with van der Waals surface area (Å²) in [6.45, 7) is 4.78. The summed E-state index contributed by atoms with van der Waals surface area (Å²) < 4.78 is 0. The van der Waals surface area contributed by atoms with E-state index < -0.39 is 0 Å². The standard InChI is InChI=1S/C22H28O2/c1-21-12-10-20-18(19(21)8-6-15(21)4-3-13-23)7-5-16-14-17(24)9-11-22(16,20)2/h6,8,14-15,18-20,23H,5,7,9-13H2,1-2H3/t15-,18-,19-,20-,21+,22-/m0/s1. The van der Waals surface area contributed by atoms with Crippen LogP contribution in [0.1, 0.15) is 52.4 Å². The topological polar surface area (TPSA) is 37.3 Å². The number of aliphatic hydroxyl groups is 1. The van der Waals surface area contributed by atoms with Crippen LogP contribution >= 0.6 is 0 Å². The molecule has 0 aliphatic heterocycles. The molecule has 0 saturated heterocycles. The minimum atomic E-state index is -0.0443. The maximum Gasteiger partial charge on any atom is 0.155 e. The Labute approximate surface area is 145 Å². The molecule has 6 atom stereocenters. The Morgan fingerprint density at radius 2 is 2.04 bits per heavy atom. The molecule has 2 nitrogen and oxygen atoms in total. The minimum Gasteiger partial charge on any atom is -0.384 e. The summed E-state index contributed by atoms with van der Waals surface area (Å²) in [5.74, 6) is 8.83. The first-order valence-corrected chi connectivity index (χ1v) is 9.50. The van der Waals surface area contributed by atoms with E-state index in [1.807, 2.05) is 6.08 Å². The summed E-state index contributed by atoms with van der Waals surface area (Å²) in [4.78, 5) is 11.9. The first-order chi connectivity index (χ1) is 11.5. The first-order valence-electron chi connectivity index (χ1n) is 9.50. The third-order valence-corrected chi connectivity index (χ3v) is 7.82. The van der Waals surface area contributed by atoms with Gasteiger partial charge in [-0.3, -0.25) is 4.79 Å². The highest BCUT2D eigenvalue weighted by atomic mass is 16.2. The van der Waals surface area contributed by atoms with Crippen molar-refractivity contribution in [1.82, 2.24) is 0 Å². The fourth-order valence-corrected chi connectivity index (χ4v) is 6.38. The van der Waals surface area contributed by atoms with Crippen LogP contribution < -0.4 is 0 Å². The van der Waals surface area contributed by atoms with E-state index in [0.29, 0.717) is 17.6 Å². The largest absolute Gasteiger partial charge is 0.384 e. The maximum absolute atomic E-state index is 11.9. The van der Waals surface area contributed by atoms with Gasteiger partial charge in [0.15, 0.2) is 5.78 Å². The predicted molar refractivity (Wildman–Crippen MR) is 95.0 cm³/mol. The number of fused-ring (bicyclic) bond motifs is 5. The van der Waals surface area contributed by atoms with Crippen molar-refractivity contribution in [2.75, 3.05) is 6.61 Å². The Balaban J connectivity index is 1.65. The predicted octanol–water partition coefficient (Wildman–Crippen LogP) is 3.91. The van der Waals surface area contributed by atoms with Crippen LogP contribution in [0, 0.1) is 46.3 Å². The highest BCUT2D eigenvalue weighted by Gasteiger charge is 2.57. The molecule has 24 heavy (non-hydrogen) atoms. The lowest BCUT2D eigenvalue weighted by Crippen LogP contribution is -2.50. The van der Waals surface area contributed by atoms with Gasteiger partial charge in [-0.15, -0.1) is 0 Å². The molecule has 2 saturated carbocycles. The Morgan fingerprint density at radius 1 is 1.21 bits per heavy atom. The van der Waals surface area contributed by atoms with E-state index in [1.165, 1.54) is 24.8 Å². The van der Waals surface area contributed by atoms with Gasteiger partial charge in [-0.1, -0.05) is 43.4 Å². The fourth-order valence-electron chi connectivity index (χ4n) is 6.38. The highest BCUT2D eigenvalue weighted by molar-refractivity contribution is 5.91. The lowest BCUT2D eigenvalue weighted by atomic mass is 9.46.